The third-order valence-corrected chi connectivity index (χ3v) is 2.95. The van der Waals surface area contributed by atoms with Gasteiger partial charge in [0, 0.05) is 6.54 Å². The highest BCUT2D eigenvalue weighted by Gasteiger charge is 2.16. The lowest BCUT2D eigenvalue weighted by molar-refractivity contribution is -0.120. The summed E-state index contributed by atoms with van der Waals surface area (Å²) in [5.41, 5.74) is 7.34. The van der Waals surface area contributed by atoms with Gasteiger partial charge >= 0.3 is 0 Å². The van der Waals surface area contributed by atoms with Crippen LogP contribution in [0.25, 0.3) is 11.0 Å². The van der Waals surface area contributed by atoms with E-state index in [-0.39, 0.29) is 18.5 Å². The summed E-state index contributed by atoms with van der Waals surface area (Å²) >= 11 is 0. The predicted molar refractivity (Wildman–Crippen MR) is 71.0 cm³/mol. The van der Waals surface area contributed by atoms with Crippen LogP contribution in [0.2, 0.25) is 0 Å². The highest BCUT2D eigenvalue weighted by molar-refractivity contribution is 5.79. The van der Waals surface area contributed by atoms with E-state index in [0.717, 1.165) is 23.4 Å². The maximum absolute atomic E-state index is 11.3. The molecular formula is C13H18N4O. The number of nitrogens with two attached hydrogens (primary N) is 1. The second kappa shape index (κ2) is 5.18. The normalized spacial score (nSPS) is 12.6. The molecule has 0 bridgehead atoms. The molecule has 0 aliphatic heterocycles. The first-order valence-electron chi connectivity index (χ1n) is 6.12. The number of hydrogen-bond acceptors (Lipinski definition) is 3. The molecule has 1 aromatic carbocycles. The number of fused-ring (bicyclic) bond motifs is 1. The Morgan fingerprint density at radius 3 is 2.89 bits per heavy atom. The van der Waals surface area contributed by atoms with E-state index >= 15 is 0 Å². The standard InChI is InChI=1S/C13H18N4O/c1-3-17-11-7-5-4-6-10(11)16-13(17)9(2)15-12(18)8-14/h4-7,9H,3,8,14H2,1-2H3,(H,15,18). The Morgan fingerprint density at radius 2 is 2.22 bits per heavy atom. The maximum Gasteiger partial charge on any atom is 0.234 e. The van der Waals surface area contributed by atoms with Crippen molar-refractivity contribution in [1.29, 1.82) is 0 Å². The zero-order valence-corrected chi connectivity index (χ0v) is 10.7. The van der Waals surface area contributed by atoms with Gasteiger partial charge in [-0.05, 0) is 26.0 Å². The van der Waals surface area contributed by atoms with Gasteiger partial charge in [-0.1, -0.05) is 12.1 Å². The fraction of sp³-hybridized carbons (Fsp3) is 0.385. The van der Waals surface area contributed by atoms with Gasteiger partial charge in [0.2, 0.25) is 5.91 Å². The Bertz CT molecular complexity index is 561. The highest BCUT2D eigenvalue weighted by atomic mass is 16.1. The minimum absolute atomic E-state index is 0.00328. The van der Waals surface area contributed by atoms with E-state index in [0.29, 0.717) is 0 Å². The lowest BCUT2D eigenvalue weighted by Gasteiger charge is -2.14. The minimum Gasteiger partial charge on any atom is -0.345 e. The first kappa shape index (κ1) is 12.6. The van der Waals surface area contributed by atoms with Crippen LogP contribution in [0.5, 0.6) is 0 Å². The smallest absolute Gasteiger partial charge is 0.234 e. The summed E-state index contributed by atoms with van der Waals surface area (Å²) in [7, 11) is 0. The summed E-state index contributed by atoms with van der Waals surface area (Å²) in [6, 6.07) is 7.81. The number of aryl methyl sites for hydroxylation is 1. The Balaban J connectivity index is 2.40. The van der Waals surface area contributed by atoms with Crippen LogP contribution in [-0.4, -0.2) is 22.0 Å². The summed E-state index contributed by atoms with van der Waals surface area (Å²) in [6.45, 7) is 4.80. The van der Waals surface area contributed by atoms with Crippen LogP contribution in [0, 0.1) is 0 Å². The number of benzene rings is 1. The molecule has 0 radical (unpaired) electrons. The number of carbonyl (C=O) groups is 1. The van der Waals surface area contributed by atoms with E-state index in [2.05, 4.69) is 21.8 Å². The van der Waals surface area contributed by atoms with Gasteiger partial charge in [-0.15, -0.1) is 0 Å². The molecule has 0 saturated heterocycles. The Hall–Kier alpha value is -1.88. The Morgan fingerprint density at radius 1 is 1.50 bits per heavy atom. The number of amides is 1. The highest BCUT2D eigenvalue weighted by Crippen LogP contribution is 2.20. The van der Waals surface area contributed by atoms with Crippen molar-refractivity contribution in [2.45, 2.75) is 26.4 Å². The molecule has 0 fully saturated rings. The molecule has 3 N–H and O–H groups in total. The monoisotopic (exact) mass is 246 g/mol. The van der Waals surface area contributed by atoms with Crippen molar-refractivity contribution in [2.24, 2.45) is 5.73 Å². The molecule has 2 aromatic rings. The van der Waals surface area contributed by atoms with Gasteiger partial charge in [0.15, 0.2) is 0 Å². The number of rotatable bonds is 4. The zero-order valence-electron chi connectivity index (χ0n) is 10.7. The second-order valence-corrected chi connectivity index (χ2v) is 4.20. The number of hydrogen-bond donors (Lipinski definition) is 2. The molecule has 1 atom stereocenters. The average molecular weight is 246 g/mol. The van der Waals surface area contributed by atoms with E-state index in [4.69, 9.17) is 5.73 Å². The molecule has 1 aromatic heterocycles. The SMILES string of the molecule is CCn1c(C(C)NC(=O)CN)nc2ccccc21. The largest absolute Gasteiger partial charge is 0.345 e. The molecule has 0 saturated carbocycles. The lowest BCUT2D eigenvalue weighted by atomic mass is 10.3. The van der Waals surface area contributed by atoms with Crippen LogP contribution in [-0.2, 0) is 11.3 Å². The molecule has 0 aliphatic carbocycles. The predicted octanol–water partition coefficient (Wildman–Crippen LogP) is 1.19. The molecule has 5 nitrogen and oxygen atoms in total. The van der Waals surface area contributed by atoms with Crippen LogP contribution in [0.4, 0.5) is 0 Å². The van der Waals surface area contributed by atoms with Crippen molar-refractivity contribution in [2.75, 3.05) is 6.54 Å². The van der Waals surface area contributed by atoms with Gasteiger partial charge in [0.25, 0.3) is 0 Å². The first-order valence-corrected chi connectivity index (χ1v) is 6.12. The second-order valence-electron chi connectivity index (χ2n) is 4.20. The van der Waals surface area contributed by atoms with Gasteiger partial charge in [-0.2, -0.15) is 0 Å². The van der Waals surface area contributed by atoms with Gasteiger partial charge in [0.1, 0.15) is 5.82 Å². The molecule has 1 unspecified atom stereocenters. The van der Waals surface area contributed by atoms with E-state index in [9.17, 15) is 4.79 Å². The molecule has 18 heavy (non-hydrogen) atoms. The molecule has 0 aliphatic rings. The quantitative estimate of drug-likeness (QED) is 0.851. The Labute approximate surface area is 106 Å². The van der Waals surface area contributed by atoms with Crippen molar-refractivity contribution in [1.82, 2.24) is 14.9 Å². The number of nitrogens with zero attached hydrogens (tertiary/aromatic N) is 2. The van der Waals surface area contributed by atoms with Crippen LogP contribution < -0.4 is 11.1 Å². The molecule has 5 heteroatoms. The topological polar surface area (TPSA) is 72.9 Å². The van der Waals surface area contributed by atoms with E-state index < -0.39 is 0 Å². The van der Waals surface area contributed by atoms with Crippen molar-refractivity contribution < 1.29 is 4.79 Å². The summed E-state index contributed by atoms with van der Waals surface area (Å²) in [5, 5.41) is 2.83. The number of aromatic nitrogens is 2. The fourth-order valence-electron chi connectivity index (χ4n) is 2.12. The van der Waals surface area contributed by atoms with Crippen LogP contribution in [0.3, 0.4) is 0 Å². The van der Waals surface area contributed by atoms with E-state index in [1.807, 2.05) is 31.2 Å². The van der Waals surface area contributed by atoms with Crippen LogP contribution >= 0.6 is 0 Å². The van der Waals surface area contributed by atoms with Gasteiger partial charge in [-0.25, -0.2) is 4.98 Å². The molecule has 1 amide bonds. The molecular weight excluding hydrogens is 228 g/mol. The molecule has 1 heterocycles. The number of imidazole rings is 1. The van der Waals surface area contributed by atoms with Crippen LogP contribution in [0.15, 0.2) is 24.3 Å². The maximum atomic E-state index is 11.3. The van der Waals surface area contributed by atoms with Gasteiger partial charge < -0.3 is 15.6 Å². The van der Waals surface area contributed by atoms with Gasteiger partial charge in [-0.3, -0.25) is 4.79 Å². The average Bonchev–Trinajstić information content (AvgIpc) is 2.77. The summed E-state index contributed by atoms with van der Waals surface area (Å²) in [4.78, 5) is 15.9. The van der Waals surface area contributed by atoms with Crippen LogP contribution in [0.1, 0.15) is 25.7 Å². The summed E-state index contributed by atoms with van der Waals surface area (Å²) in [6.07, 6.45) is 0. The zero-order chi connectivity index (χ0) is 13.1. The molecule has 0 spiro atoms. The van der Waals surface area contributed by atoms with E-state index in [1.165, 1.54) is 0 Å². The van der Waals surface area contributed by atoms with Crippen molar-refractivity contribution >= 4 is 16.9 Å². The summed E-state index contributed by atoms with van der Waals surface area (Å²) < 4.78 is 2.11. The van der Waals surface area contributed by atoms with Crippen molar-refractivity contribution in [3.63, 3.8) is 0 Å². The molecule has 96 valence electrons. The lowest BCUT2D eigenvalue weighted by Crippen LogP contribution is -2.33. The van der Waals surface area contributed by atoms with Crippen molar-refractivity contribution in [3.8, 4) is 0 Å². The Kier molecular flexibility index (Phi) is 3.62. The minimum atomic E-state index is -0.169. The first-order chi connectivity index (χ1) is 8.67. The summed E-state index contributed by atoms with van der Waals surface area (Å²) in [5.74, 6) is 0.692. The third kappa shape index (κ3) is 2.22. The van der Waals surface area contributed by atoms with Crippen molar-refractivity contribution in [3.05, 3.63) is 30.1 Å². The van der Waals surface area contributed by atoms with E-state index in [1.54, 1.807) is 0 Å². The third-order valence-electron chi connectivity index (χ3n) is 2.95. The fourth-order valence-corrected chi connectivity index (χ4v) is 2.12. The van der Waals surface area contributed by atoms with Gasteiger partial charge in [0.05, 0.1) is 23.6 Å². The molecule has 2 rings (SSSR count). The number of nitrogens with one attached hydrogen (secondary N) is 1. The number of carbonyl (C=O) groups excluding carboxylic acids is 1. The number of para-hydroxylation sites is 2.